The van der Waals surface area contributed by atoms with E-state index in [2.05, 4.69) is 48.8 Å². The highest BCUT2D eigenvalue weighted by atomic mass is 32.1. The van der Waals surface area contributed by atoms with Crippen molar-refractivity contribution in [3.8, 4) is 0 Å². The van der Waals surface area contributed by atoms with Gasteiger partial charge in [0.15, 0.2) is 0 Å². The summed E-state index contributed by atoms with van der Waals surface area (Å²) < 4.78 is 0. The molecule has 1 aliphatic heterocycles. The molecule has 2 heteroatoms. The third-order valence-electron chi connectivity index (χ3n) is 2.23. The molecule has 14 heavy (non-hydrogen) atoms. The van der Waals surface area contributed by atoms with Gasteiger partial charge in [0.05, 0.1) is 5.70 Å². The molecule has 1 aromatic carbocycles. The number of hydrogen-bond acceptors (Lipinski definition) is 1. The second kappa shape index (κ2) is 4.01. The molecule has 0 spiro atoms. The Bertz CT molecular complexity index is 377. The van der Waals surface area contributed by atoms with Crippen LogP contribution in [-0.2, 0) is 0 Å². The summed E-state index contributed by atoms with van der Waals surface area (Å²) in [5, 5.41) is 5.71. The molecule has 0 saturated carbocycles. The van der Waals surface area contributed by atoms with Crippen LogP contribution >= 0.6 is 11.4 Å². The zero-order chi connectivity index (χ0) is 9.97. The van der Waals surface area contributed by atoms with Crippen molar-refractivity contribution < 1.29 is 0 Å². The van der Waals surface area contributed by atoms with Gasteiger partial charge in [0, 0.05) is 4.99 Å². The lowest BCUT2D eigenvalue weighted by molar-refractivity contribution is 0.874. The maximum atomic E-state index is 3.47. The van der Waals surface area contributed by atoms with Crippen LogP contribution < -0.4 is 5.32 Å². The first-order valence-corrected chi connectivity index (χ1v) is 5.84. The molecule has 1 N–H and O–H groups in total. The first kappa shape index (κ1) is 9.53. The molecule has 1 aliphatic rings. The Morgan fingerprint density at radius 1 is 1.14 bits per heavy atom. The van der Waals surface area contributed by atoms with E-state index in [0.717, 1.165) is 0 Å². The minimum absolute atomic E-state index is 0.606. The largest absolute Gasteiger partial charge is 0.353 e. The highest BCUT2D eigenvalue weighted by molar-refractivity contribution is 8.02. The average molecular weight is 205 g/mol. The van der Waals surface area contributed by atoms with Crippen LogP contribution in [0.3, 0.4) is 0 Å². The van der Waals surface area contributed by atoms with Crippen LogP contribution in [0.1, 0.15) is 19.4 Å². The molecule has 0 unspecified atom stereocenters. The Morgan fingerprint density at radius 2 is 1.86 bits per heavy atom. The van der Waals surface area contributed by atoms with Gasteiger partial charge in [-0.05, 0) is 16.9 Å². The topological polar surface area (TPSA) is 12.0 Å². The van der Waals surface area contributed by atoms with Crippen molar-refractivity contribution in [2.24, 2.45) is 5.92 Å². The predicted molar refractivity (Wildman–Crippen MR) is 66.4 cm³/mol. The molecular weight excluding hydrogens is 190 g/mol. The molecule has 2 rings (SSSR count). The summed E-state index contributed by atoms with van der Waals surface area (Å²) in [5.74, 6) is 0.606. The molecule has 74 valence electrons. The molecule has 1 heterocycles. The summed E-state index contributed by atoms with van der Waals surface area (Å²) >= 11 is 1.31. The summed E-state index contributed by atoms with van der Waals surface area (Å²) in [7, 11) is 0. The first-order chi connectivity index (χ1) is 6.77. The summed E-state index contributed by atoms with van der Waals surface area (Å²) in [6, 6.07) is 10.5. The van der Waals surface area contributed by atoms with Crippen molar-refractivity contribution in [3.05, 3.63) is 41.3 Å². The average Bonchev–Trinajstić information content (AvgIpc) is 2.68. The number of nitrogens with one attached hydrogen (secondary N) is 1. The quantitative estimate of drug-likeness (QED) is 0.559. The van der Waals surface area contributed by atoms with E-state index in [1.165, 1.54) is 27.6 Å². The van der Waals surface area contributed by atoms with Crippen molar-refractivity contribution in [2.75, 3.05) is 0 Å². The first-order valence-electron chi connectivity index (χ1n) is 4.87. The fourth-order valence-corrected chi connectivity index (χ4v) is 2.36. The molecular formula is C12H15NS. The van der Waals surface area contributed by atoms with Crippen molar-refractivity contribution in [3.63, 3.8) is 0 Å². The van der Waals surface area contributed by atoms with Gasteiger partial charge in [-0.15, -0.1) is 0 Å². The molecule has 0 fully saturated rings. The van der Waals surface area contributed by atoms with Crippen LogP contribution in [-0.4, -0.2) is 4.99 Å². The van der Waals surface area contributed by atoms with E-state index in [0.29, 0.717) is 5.92 Å². The fourth-order valence-electron chi connectivity index (χ4n) is 1.39. The van der Waals surface area contributed by atoms with Gasteiger partial charge in [-0.3, -0.25) is 0 Å². The van der Waals surface area contributed by atoms with Gasteiger partial charge >= 0.3 is 0 Å². The number of hydrogen-bond donors (Lipinski definition) is 2. The van der Waals surface area contributed by atoms with Crippen molar-refractivity contribution in [1.29, 1.82) is 0 Å². The van der Waals surface area contributed by atoms with Crippen LogP contribution in [0.5, 0.6) is 0 Å². The predicted octanol–water partition coefficient (Wildman–Crippen LogP) is 2.84. The maximum absolute atomic E-state index is 3.47. The molecule has 0 saturated heterocycles. The van der Waals surface area contributed by atoms with Gasteiger partial charge < -0.3 is 5.32 Å². The smallest absolute Gasteiger partial charge is 0.0516 e. The third-order valence-corrected chi connectivity index (χ3v) is 3.52. The van der Waals surface area contributed by atoms with E-state index >= 15 is 0 Å². The second-order valence-electron chi connectivity index (χ2n) is 3.70. The highest BCUT2D eigenvalue weighted by Crippen LogP contribution is 2.20. The van der Waals surface area contributed by atoms with Crippen LogP contribution in [0.2, 0.25) is 0 Å². The van der Waals surface area contributed by atoms with Gasteiger partial charge in [0.2, 0.25) is 0 Å². The SMILES string of the molecule is CC(C)C1=[SH]C=C(c2ccccc2)N1. The molecule has 0 radical (unpaired) electrons. The van der Waals surface area contributed by atoms with Crippen molar-refractivity contribution >= 4 is 22.0 Å². The molecule has 0 amide bonds. The van der Waals surface area contributed by atoms with Gasteiger partial charge in [-0.2, -0.15) is 11.4 Å². The lowest BCUT2D eigenvalue weighted by Gasteiger charge is -2.10. The maximum Gasteiger partial charge on any atom is 0.0516 e. The van der Waals surface area contributed by atoms with Gasteiger partial charge in [0.25, 0.3) is 0 Å². The Kier molecular flexibility index (Phi) is 2.73. The van der Waals surface area contributed by atoms with E-state index in [4.69, 9.17) is 0 Å². The second-order valence-corrected chi connectivity index (χ2v) is 4.70. The van der Waals surface area contributed by atoms with Crippen LogP contribution in [0.4, 0.5) is 0 Å². The van der Waals surface area contributed by atoms with Gasteiger partial charge in [-0.1, -0.05) is 44.2 Å². The molecule has 0 aromatic heterocycles. The van der Waals surface area contributed by atoms with Crippen molar-refractivity contribution in [2.45, 2.75) is 13.8 Å². The number of benzene rings is 1. The Hall–Kier alpha value is -1.02. The molecule has 1 aromatic rings. The van der Waals surface area contributed by atoms with Crippen LogP contribution in [0.25, 0.3) is 5.70 Å². The zero-order valence-corrected chi connectivity index (χ0v) is 9.38. The van der Waals surface area contributed by atoms with E-state index < -0.39 is 0 Å². The lowest BCUT2D eigenvalue weighted by atomic mass is 10.1. The fraction of sp³-hybridized carbons (Fsp3) is 0.250. The molecule has 0 aliphatic carbocycles. The van der Waals surface area contributed by atoms with Gasteiger partial charge in [-0.25, -0.2) is 0 Å². The Balaban J connectivity index is 2.13. The standard InChI is InChI=1S/C12H15NS/c1-9(2)12-13-11(8-14-12)10-6-4-3-5-7-10/h3-9,13-14H,1-2H3. The summed E-state index contributed by atoms with van der Waals surface area (Å²) in [6.07, 6.45) is 0. The molecule has 0 atom stereocenters. The molecule has 0 bridgehead atoms. The summed E-state index contributed by atoms with van der Waals surface area (Å²) in [4.78, 5) is 1.39. The third kappa shape index (κ3) is 1.90. The van der Waals surface area contributed by atoms with E-state index in [9.17, 15) is 0 Å². The van der Waals surface area contributed by atoms with Gasteiger partial charge in [0.1, 0.15) is 0 Å². The van der Waals surface area contributed by atoms with E-state index in [1.54, 1.807) is 0 Å². The minimum Gasteiger partial charge on any atom is -0.353 e. The Labute approximate surface area is 88.8 Å². The normalized spacial score (nSPS) is 15.6. The number of rotatable bonds is 2. The number of thiol groups is 1. The summed E-state index contributed by atoms with van der Waals surface area (Å²) in [6.45, 7) is 4.44. The highest BCUT2D eigenvalue weighted by Gasteiger charge is 2.10. The van der Waals surface area contributed by atoms with Crippen molar-refractivity contribution in [1.82, 2.24) is 5.32 Å². The van der Waals surface area contributed by atoms with Crippen LogP contribution in [0, 0.1) is 5.92 Å². The molecule has 1 nitrogen and oxygen atoms in total. The van der Waals surface area contributed by atoms with Crippen LogP contribution in [0.15, 0.2) is 35.7 Å². The zero-order valence-electron chi connectivity index (χ0n) is 8.49. The summed E-state index contributed by atoms with van der Waals surface area (Å²) in [5.41, 5.74) is 2.52. The monoisotopic (exact) mass is 205 g/mol. The lowest BCUT2D eigenvalue weighted by Crippen LogP contribution is -2.22. The minimum atomic E-state index is 0.606. The van der Waals surface area contributed by atoms with E-state index in [1.807, 2.05) is 6.07 Å². The van der Waals surface area contributed by atoms with E-state index in [-0.39, 0.29) is 0 Å². The Morgan fingerprint density at radius 3 is 2.43 bits per heavy atom.